The number of nitrogens with one attached hydrogen (secondary N) is 1. The Morgan fingerprint density at radius 2 is 1.93 bits per heavy atom. The maximum Gasteiger partial charge on any atom is 0.252 e. The number of aromatic hydroxyl groups is 1. The van der Waals surface area contributed by atoms with Crippen molar-refractivity contribution in [3.8, 4) is 11.8 Å². The second-order valence-electron chi connectivity index (χ2n) is 7.13. The molecule has 0 spiro atoms. The van der Waals surface area contributed by atoms with Gasteiger partial charge in [0.15, 0.2) is 0 Å². The highest BCUT2D eigenvalue weighted by atomic mass is 35.5. The molecule has 0 unspecified atom stereocenters. The molecule has 3 rings (SSSR count). The van der Waals surface area contributed by atoms with Crippen LogP contribution in [0.15, 0.2) is 42.5 Å². The molecular formula is C22H21ClN2O4. The first kappa shape index (κ1) is 20.8. The number of phenols is 1. The fraction of sp³-hybridized carbons (Fsp3) is 0.318. The number of hydrogen-bond donors (Lipinski definition) is 2. The van der Waals surface area contributed by atoms with Crippen molar-refractivity contribution in [2.24, 2.45) is 0 Å². The van der Waals surface area contributed by atoms with Crippen LogP contribution < -0.4 is 5.32 Å². The summed E-state index contributed by atoms with van der Waals surface area (Å²) in [4.78, 5) is 25.1. The minimum absolute atomic E-state index is 0.0224. The van der Waals surface area contributed by atoms with Crippen LogP contribution in [-0.2, 0) is 22.4 Å². The lowest BCUT2D eigenvalue weighted by atomic mass is 9.91. The summed E-state index contributed by atoms with van der Waals surface area (Å²) in [5.74, 6) is -0.442. The zero-order chi connectivity index (χ0) is 20.9. The Kier molecular flexibility index (Phi) is 6.53. The lowest BCUT2D eigenvalue weighted by Gasteiger charge is -2.31. The zero-order valence-corrected chi connectivity index (χ0v) is 16.5. The number of Topliss-reactive ketones (excluding diaryl/α,β-unsaturated/α-hetero) is 1. The topological polar surface area (TPSA) is 99.4 Å². The van der Waals surface area contributed by atoms with E-state index < -0.39 is 5.54 Å². The molecule has 0 saturated carbocycles. The van der Waals surface area contributed by atoms with Crippen molar-refractivity contribution < 1.29 is 19.4 Å². The standard InChI is InChI=1S/C22H21ClN2O4/c23-18-4-5-20(27)17(12-18)13-19(26)11-15-2-1-3-16(10-15)21(28)25-22(14-24)6-8-29-9-7-22/h1-5,10,12,27H,6-9,11,13H2,(H,25,28). The first-order valence-corrected chi connectivity index (χ1v) is 9.68. The van der Waals surface area contributed by atoms with E-state index in [0.29, 0.717) is 47.8 Å². The second kappa shape index (κ2) is 9.08. The molecular weight excluding hydrogens is 392 g/mol. The number of benzene rings is 2. The van der Waals surface area contributed by atoms with Crippen molar-refractivity contribution >= 4 is 23.3 Å². The third kappa shape index (κ3) is 5.35. The van der Waals surface area contributed by atoms with Gasteiger partial charge < -0.3 is 15.2 Å². The third-order valence-corrected chi connectivity index (χ3v) is 5.17. The van der Waals surface area contributed by atoms with Crippen molar-refractivity contribution in [1.82, 2.24) is 5.32 Å². The van der Waals surface area contributed by atoms with E-state index in [1.807, 2.05) is 0 Å². The molecule has 0 atom stereocenters. The van der Waals surface area contributed by atoms with Crippen LogP contribution in [0.5, 0.6) is 5.75 Å². The first-order valence-electron chi connectivity index (χ1n) is 9.30. The number of halogens is 1. The van der Waals surface area contributed by atoms with Gasteiger partial charge in [-0.1, -0.05) is 23.7 Å². The average Bonchev–Trinajstić information content (AvgIpc) is 2.71. The second-order valence-corrected chi connectivity index (χ2v) is 7.56. The van der Waals surface area contributed by atoms with Gasteiger partial charge in [-0.15, -0.1) is 0 Å². The van der Waals surface area contributed by atoms with Crippen LogP contribution in [0, 0.1) is 11.3 Å². The van der Waals surface area contributed by atoms with Gasteiger partial charge in [0.1, 0.15) is 17.1 Å². The summed E-state index contributed by atoms with van der Waals surface area (Å²) in [6.45, 7) is 0.859. The summed E-state index contributed by atoms with van der Waals surface area (Å²) in [7, 11) is 0. The number of phenolic OH excluding ortho intramolecular Hbond substituents is 1. The predicted molar refractivity (Wildman–Crippen MR) is 108 cm³/mol. The summed E-state index contributed by atoms with van der Waals surface area (Å²) in [5.41, 5.74) is 0.613. The molecule has 1 fully saturated rings. The van der Waals surface area contributed by atoms with Crippen LogP contribution in [0.25, 0.3) is 0 Å². The molecule has 2 aromatic rings. The maximum absolute atomic E-state index is 12.7. The number of carbonyl (C=O) groups excluding carboxylic acids is 2. The zero-order valence-electron chi connectivity index (χ0n) is 15.8. The molecule has 1 amide bonds. The minimum Gasteiger partial charge on any atom is -0.508 e. The summed E-state index contributed by atoms with van der Waals surface area (Å²) in [5, 5.41) is 22.6. The maximum atomic E-state index is 12.7. The fourth-order valence-corrected chi connectivity index (χ4v) is 3.49. The SMILES string of the molecule is N#CC1(NC(=O)c2cccc(CC(=O)Cc3cc(Cl)ccc3O)c2)CCOCC1. The number of nitrogens with zero attached hydrogens (tertiary/aromatic N) is 1. The highest BCUT2D eigenvalue weighted by molar-refractivity contribution is 6.30. The predicted octanol–water partition coefficient (Wildman–Crippen LogP) is 3.20. The van der Waals surface area contributed by atoms with E-state index in [0.717, 1.165) is 0 Å². The Balaban J connectivity index is 1.67. The van der Waals surface area contributed by atoms with Crippen LogP contribution >= 0.6 is 11.6 Å². The molecule has 1 aliphatic rings. The molecule has 0 aromatic heterocycles. The molecule has 1 saturated heterocycles. The van der Waals surface area contributed by atoms with Crippen LogP contribution in [0.1, 0.15) is 34.3 Å². The highest BCUT2D eigenvalue weighted by Gasteiger charge is 2.34. The largest absolute Gasteiger partial charge is 0.508 e. The van der Waals surface area contributed by atoms with E-state index >= 15 is 0 Å². The summed E-state index contributed by atoms with van der Waals surface area (Å²) < 4.78 is 5.28. The van der Waals surface area contributed by atoms with Crippen LogP contribution in [-0.4, -0.2) is 35.5 Å². The van der Waals surface area contributed by atoms with E-state index in [1.54, 1.807) is 36.4 Å². The van der Waals surface area contributed by atoms with Gasteiger partial charge in [0, 0.05) is 55.0 Å². The minimum atomic E-state index is -0.925. The number of nitriles is 1. The molecule has 0 bridgehead atoms. The fourth-order valence-electron chi connectivity index (χ4n) is 3.29. The Hall–Kier alpha value is -2.88. The van der Waals surface area contributed by atoms with Crippen LogP contribution in [0.2, 0.25) is 5.02 Å². The van der Waals surface area contributed by atoms with E-state index in [4.69, 9.17) is 16.3 Å². The third-order valence-electron chi connectivity index (χ3n) is 4.93. The molecule has 29 heavy (non-hydrogen) atoms. The van der Waals surface area contributed by atoms with Gasteiger partial charge in [-0.05, 0) is 35.9 Å². The Labute approximate surface area is 174 Å². The first-order chi connectivity index (χ1) is 13.9. The number of rotatable bonds is 6. The van der Waals surface area contributed by atoms with Gasteiger partial charge >= 0.3 is 0 Å². The van der Waals surface area contributed by atoms with Crippen LogP contribution in [0.3, 0.4) is 0 Å². The van der Waals surface area contributed by atoms with Gasteiger partial charge in [-0.2, -0.15) is 5.26 Å². The Morgan fingerprint density at radius 1 is 1.17 bits per heavy atom. The van der Waals surface area contributed by atoms with Gasteiger partial charge in [0.25, 0.3) is 5.91 Å². The molecule has 6 nitrogen and oxygen atoms in total. The van der Waals surface area contributed by atoms with E-state index in [2.05, 4.69) is 11.4 Å². The van der Waals surface area contributed by atoms with Crippen molar-refractivity contribution in [3.05, 3.63) is 64.2 Å². The van der Waals surface area contributed by atoms with Crippen molar-refractivity contribution in [2.75, 3.05) is 13.2 Å². The van der Waals surface area contributed by atoms with E-state index in [1.165, 1.54) is 6.07 Å². The number of ether oxygens (including phenoxy) is 1. The molecule has 1 aliphatic heterocycles. The highest BCUT2D eigenvalue weighted by Crippen LogP contribution is 2.23. The van der Waals surface area contributed by atoms with E-state index in [9.17, 15) is 20.0 Å². The summed E-state index contributed by atoms with van der Waals surface area (Å²) in [6, 6.07) is 13.5. The van der Waals surface area contributed by atoms with Gasteiger partial charge in [-0.25, -0.2) is 0 Å². The van der Waals surface area contributed by atoms with E-state index in [-0.39, 0.29) is 30.3 Å². The lowest BCUT2D eigenvalue weighted by molar-refractivity contribution is -0.117. The summed E-state index contributed by atoms with van der Waals surface area (Å²) in [6.07, 6.45) is 1.04. The normalized spacial score (nSPS) is 15.3. The van der Waals surface area contributed by atoms with Crippen molar-refractivity contribution in [2.45, 2.75) is 31.2 Å². The molecule has 150 valence electrons. The molecule has 2 N–H and O–H groups in total. The number of ketones is 1. The Morgan fingerprint density at radius 3 is 2.66 bits per heavy atom. The smallest absolute Gasteiger partial charge is 0.252 e. The number of carbonyl (C=O) groups is 2. The van der Waals surface area contributed by atoms with Gasteiger partial charge in [0.05, 0.1) is 6.07 Å². The average molecular weight is 413 g/mol. The molecule has 2 aromatic carbocycles. The monoisotopic (exact) mass is 412 g/mol. The van der Waals surface area contributed by atoms with Crippen LogP contribution in [0.4, 0.5) is 0 Å². The Bertz CT molecular complexity index is 962. The number of hydrogen-bond acceptors (Lipinski definition) is 5. The van der Waals surface area contributed by atoms with Crippen molar-refractivity contribution in [3.63, 3.8) is 0 Å². The lowest BCUT2D eigenvalue weighted by Crippen LogP contribution is -2.50. The molecule has 7 heteroatoms. The molecule has 0 aliphatic carbocycles. The molecule has 1 heterocycles. The molecule has 0 radical (unpaired) electrons. The van der Waals surface area contributed by atoms with Crippen molar-refractivity contribution in [1.29, 1.82) is 5.26 Å². The number of amides is 1. The van der Waals surface area contributed by atoms with Gasteiger partial charge in [-0.3, -0.25) is 9.59 Å². The summed E-state index contributed by atoms with van der Waals surface area (Å²) >= 11 is 5.92. The quantitative estimate of drug-likeness (QED) is 0.758. The van der Waals surface area contributed by atoms with Gasteiger partial charge in [0.2, 0.25) is 0 Å².